The topological polar surface area (TPSA) is 25.8 Å². The lowest BCUT2D eigenvalue weighted by molar-refractivity contribution is -0.628. The highest BCUT2D eigenvalue weighted by atomic mass is 16.5. The van der Waals surface area contributed by atoms with Crippen LogP contribution in [0.2, 0.25) is 0 Å². The molecular formula is C17H22NO+. The van der Waals surface area contributed by atoms with Crippen LogP contribution in [0, 0.1) is 6.92 Å². The summed E-state index contributed by atoms with van der Waals surface area (Å²) in [5.41, 5.74) is -0.179. The summed E-state index contributed by atoms with van der Waals surface area (Å²) >= 11 is 0. The third kappa shape index (κ3) is 4.11. The van der Waals surface area contributed by atoms with Gasteiger partial charge in [-0.2, -0.15) is 0 Å². The Morgan fingerprint density at radius 3 is 2.74 bits per heavy atom. The molecule has 0 amide bonds. The van der Waals surface area contributed by atoms with Gasteiger partial charge in [0.2, 0.25) is 0 Å². The zero-order valence-electron chi connectivity index (χ0n) is 23.3. The van der Waals surface area contributed by atoms with Crippen molar-refractivity contribution in [2.75, 3.05) is 13.5 Å². The zero-order chi connectivity index (χ0) is 24.9. The van der Waals surface area contributed by atoms with Crippen molar-refractivity contribution in [1.29, 1.82) is 0 Å². The normalized spacial score (nSPS) is 25.8. The van der Waals surface area contributed by atoms with Gasteiger partial charge in [-0.3, -0.25) is 0 Å². The molecule has 2 heteroatoms. The van der Waals surface area contributed by atoms with E-state index in [0.717, 1.165) is 5.56 Å². The van der Waals surface area contributed by atoms with Crippen molar-refractivity contribution in [3.8, 4) is 5.75 Å². The molecule has 2 rings (SSSR count). The molecule has 0 fully saturated rings. The second-order valence-corrected chi connectivity index (χ2v) is 3.66. The molecule has 0 heterocycles. The molecule has 0 bridgehead atoms. The largest absolute Gasteiger partial charge is 0.486 e. The van der Waals surface area contributed by atoms with Gasteiger partial charge in [-0.1, -0.05) is 47.9 Å². The molecule has 0 spiro atoms. The van der Waals surface area contributed by atoms with Crippen LogP contribution >= 0.6 is 0 Å². The van der Waals surface area contributed by atoms with E-state index in [1.54, 1.807) is 19.1 Å². The van der Waals surface area contributed by atoms with E-state index in [1.807, 2.05) is 0 Å². The minimum atomic E-state index is -3.53. The van der Waals surface area contributed by atoms with Crippen LogP contribution in [0.1, 0.15) is 41.4 Å². The molecule has 0 radical (unpaired) electrons. The molecule has 100 valence electrons. The van der Waals surface area contributed by atoms with Crippen molar-refractivity contribution in [3.05, 3.63) is 65.6 Å². The Balaban J connectivity index is 2.87. The van der Waals surface area contributed by atoms with Crippen molar-refractivity contribution in [3.63, 3.8) is 0 Å². The van der Waals surface area contributed by atoms with Gasteiger partial charge in [0, 0.05) is 9.11 Å². The molecule has 2 nitrogen and oxygen atoms in total. The average Bonchev–Trinajstić information content (AvgIpc) is 2.64. The van der Waals surface area contributed by atoms with Crippen LogP contribution in [0.3, 0.4) is 0 Å². The van der Waals surface area contributed by atoms with Gasteiger partial charge in [-0.15, -0.1) is 0 Å². The first-order valence-corrected chi connectivity index (χ1v) is 5.56. The number of quaternary nitrogens is 1. The van der Waals surface area contributed by atoms with Crippen LogP contribution in [0.25, 0.3) is 0 Å². The standard InChI is InChI=1S/C17H21NO/c1-14-8-10-16(11-9-14)19-17(12-13-18-2)15-6-4-3-5-7-15/h3-11,17-18H,12-13H2,1-2H3/p+1/i2D3,3D,4D,5D,6D,7D,12D2,13D2,17D. The van der Waals surface area contributed by atoms with E-state index in [9.17, 15) is 0 Å². The number of benzene rings is 2. The summed E-state index contributed by atoms with van der Waals surface area (Å²) in [5.74, 6) is -0.147. The second-order valence-electron chi connectivity index (χ2n) is 3.66. The molecule has 19 heavy (non-hydrogen) atoms. The van der Waals surface area contributed by atoms with E-state index in [2.05, 4.69) is 0 Å². The highest BCUT2D eigenvalue weighted by molar-refractivity contribution is 5.28. The minimum Gasteiger partial charge on any atom is -0.486 e. The third-order valence-corrected chi connectivity index (χ3v) is 2.23. The quantitative estimate of drug-likeness (QED) is 0.857. The molecule has 0 saturated carbocycles. The van der Waals surface area contributed by atoms with Gasteiger partial charge >= 0.3 is 0 Å². The van der Waals surface area contributed by atoms with Crippen LogP contribution in [-0.2, 0) is 0 Å². The number of hydrogen-bond donors (Lipinski definition) is 1. The summed E-state index contributed by atoms with van der Waals surface area (Å²) < 4.78 is 109. The Hall–Kier alpha value is -1.80. The number of nitrogens with two attached hydrogens (primary N) is 1. The maximum absolute atomic E-state index is 8.86. The predicted molar refractivity (Wildman–Crippen MR) is 78.3 cm³/mol. The van der Waals surface area contributed by atoms with Gasteiger partial charge < -0.3 is 10.1 Å². The fourth-order valence-electron chi connectivity index (χ4n) is 1.33. The van der Waals surface area contributed by atoms with Crippen LogP contribution in [-0.4, -0.2) is 13.5 Å². The highest BCUT2D eigenvalue weighted by Gasteiger charge is 2.13. The van der Waals surface area contributed by atoms with E-state index < -0.39 is 61.7 Å². The fraction of sp³-hybridized carbons (Fsp3) is 0.294. The molecule has 2 aromatic carbocycles. The minimum absolute atomic E-state index is 0.0943. The summed E-state index contributed by atoms with van der Waals surface area (Å²) in [5, 5.41) is 0.0943. The molecular weight excluding hydrogens is 234 g/mol. The number of ether oxygens (including phenoxy) is 1. The van der Waals surface area contributed by atoms with Crippen LogP contribution < -0.4 is 10.1 Å². The van der Waals surface area contributed by atoms with Gasteiger partial charge in [-0.05, 0) is 24.6 Å². The Bertz CT molecular complexity index is 974. The lowest BCUT2D eigenvalue weighted by Crippen LogP contribution is -2.79. The molecule has 0 aliphatic carbocycles. The lowest BCUT2D eigenvalue weighted by Gasteiger charge is -2.19. The Kier molecular flexibility index (Phi) is 1.70. The maximum Gasteiger partial charge on any atom is 0.129 e. The third-order valence-electron chi connectivity index (χ3n) is 2.23. The van der Waals surface area contributed by atoms with Gasteiger partial charge in [0.05, 0.1) is 28.6 Å². The smallest absolute Gasteiger partial charge is 0.129 e. The molecule has 0 aromatic heterocycles. The van der Waals surface area contributed by atoms with Crippen molar-refractivity contribution in [1.82, 2.24) is 0 Å². The molecule has 1 unspecified atom stereocenters. The first-order chi connectivity index (χ1) is 14.4. The highest BCUT2D eigenvalue weighted by Crippen LogP contribution is 2.24. The molecule has 0 aliphatic heterocycles. The summed E-state index contributed by atoms with van der Waals surface area (Å²) in [6.07, 6.45) is -6.81. The van der Waals surface area contributed by atoms with Crippen molar-refractivity contribution >= 4 is 0 Å². The zero-order valence-corrected chi connectivity index (χ0v) is 10.3. The molecule has 0 saturated heterocycles. The number of rotatable bonds is 6. The second kappa shape index (κ2) is 6.95. The van der Waals surface area contributed by atoms with Crippen LogP contribution in [0.4, 0.5) is 0 Å². The lowest BCUT2D eigenvalue weighted by atomic mass is 10.1. The predicted octanol–water partition coefficient (Wildman–Crippen LogP) is 2.70. The van der Waals surface area contributed by atoms with E-state index >= 15 is 0 Å². The monoisotopic (exact) mass is 269 g/mol. The van der Waals surface area contributed by atoms with Gasteiger partial charge in [0.1, 0.15) is 11.8 Å². The molecule has 0 aliphatic rings. The Labute approximate surface area is 133 Å². The summed E-state index contributed by atoms with van der Waals surface area (Å²) in [6, 6.07) is 1.31. The Morgan fingerprint density at radius 2 is 2.05 bits per heavy atom. The van der Waals surface area contributed by atoms with Crippen LogP contribution in [0.5, 0.6) is 5.75 Å². The molecule has 1 atom stereocenters. The maximum atomic E-state index is 8.86. The van der Waals surface area contributed by atoms with E-state index in [-0.39, 0.29) is 11.1 Å². The molecule has 2 aromatic rings. The first kappa shape index (κ1) is 4.64. The average molecular weight is 269 g/mol. The van der Waals surface area contributed by atoms with Crippen molar-refractivity contribution in [2.45, 2.75) is 19.4 Å². The van der Waals surface area contributed by atoms with Gasteiger partial charge in [0.15, 0.2) is 0 Å². The first-order valence-electron chi connectivity index (χ1n) is 12.1. The van der Waals surface area contributed by atoms with Gasteiger partial charge in [-0.25, -0.2) is 0 Å². The summed E-state index contributed by atoms with van der Waals surface area (Å²) in [7, 11) is 0. The van der Waals surface area contributed by atoms with Crippen molar-refractivity contribution < 1.29 is 27.9 Å². The number of aryl methyl sites for hydroxylation is 1. The van der Waals surface area contributed by atoms with E-state index in [0.29, 0.717) is 0 Å². The van der Waals surface area contributed by atoms with Crippen LogP contribution in [0.15, 0.2) is 54.5 Å². The van der Waals surface area contributed by atoms with E-state index in [4.69, 9.17) is 22.6 Å². The Morgan fingerprint density at radius 1 is 1.32 bits per heavy atom. The number of hydrogen-bond acceptors (Lipinski definition) is 1. The summed E-state index contributed by atoms with van der Waals surface area (Å²) in [4.78, 5) is 0. The SMILES string of the molecule is [2H]c1c([2H])c([2H])c(C([2H])(Oc2ccc(C)cc2)C([2H])([2H])C([2H])([2H])[NH2+]C([2H])([2H])[2H])c([2H])c1[2H]. The van der Waals surface area contributed by atoms with E-state index in [1.165, 1.54) is 12.1 Å². The van der Waals surface area contributed by atoms with Gasteiger partial charge in [0.25, 0.3) is 0 Å². The molecule has 2 N–H and O–H groups in total. The van der Waals surface area contributed by atoms with Crippen molar-refractivity contribution in [2.24, 2.45) is 0 Å². The summed E-state index contributed by atoms with van der Waals surface area (Å²) in [6.45, 7) is -4.63. The fourth-order valence-corrected chi connectivity index (χ4v) is 1.33.